The SMILES string of the molecule is OCC1CC1CCCBr. The smallest absolute Gasteiger partial charge is 0.0462 e. The predicted molar refractivity (Wildman–Crippen MR) is 41.7 cm³/mol. The third-order valence-corrected chi connectivity index (χ3v) is 2.57. The van der Waals surface area contributed by atoms with Crippen LogP contribution in [0.4, 0.5) is 0 Å². The molecule has 0 amide bonds. The Kier molecular flexibility index (Phi) is 2.99. The molecule has 1 N–H and O–H groups in total. The highest BCUT2D eigenvalue weighted by Crippen LogP contribution is 2.41. The molecule has 0 spiro atoms. The molecule has 0 heterocycles. The second kappa shape index (κ2) is 3.57. The normalized spacial score (nSPS) is 32.7. The number of aliphatic hydroxyl groups excluding tert-OH is 1. The zero-order valence-corrected chi connectivity index (χ0v) is 7.10. The van der Waals surface area contributed by atoms with Gasteiger partial charge in [-0.1, -0.05) is 15.9 Å². The van der Waals surface area contributed by atoms with E-state index in [9.17, 15) is 0 Å². The van der Waals surface area contributed by atoms with Crippen molar-refractivity contribution in [1.82, 2.24) is 0 Å². The highest BCUT2D eigenvalue weighted by Gasteiger charge is 2.34. The van der Waals surface area contributed by atoms with Crippen LogP contribution >= 0.6 is 15.9 Å². The lowest BCUT2D eigenvalue weighted by atomic mass is 10.2. The van der Waals surface area contributed by atoms with Crippen LogP contribution in [0.15, 0.2) is 0 Å². The molecular weight excluding hydrogens is 180 g/mol. The molecule has 0 bridgehead atoms. The lowest BCUT2D eigenvalue weighted by molar-refractivity contribution is 0.267. The van der Waals surface area contributed by atoms with E-state index in [-0.39, 0.29) is 0 Å². The van der Waals surface area contributed by atoms with Crippen molar-refractivity contribution in [3.63, 3.8) is 0 Å². The quantitative estimate of drug-likeness (QED) is 0.675. The first-order chi connectivity index (χ1) is 4.38. The van der Waals surface area contributed by atoms with Crippen molar-refractivity contribution in [1.29, 1.82) is 0 Å². The summed E-state index contributed by atoms with van der Waals surface area (Å²) in [5, 5.41) is 9.78. The molecule has 1 rings (SSSR count). The van der Waals surface area contributed by atoms with Crippen LogP contribution in [0.2, 0.25) is 0 Å². The standard InChI is InChI=1S/C7H13BrO/c8-3-1-2-6-4-7(6)5-9/h6-7,9H,1-5H2. The fourth-order valence-corrected chi connectivity index (χ4v) is 1.55. The molecule has 0 aromatic rings. The zero-order valence-electron chi connectivity index (χ0n) is 5.52. The Morgan fingerprint density at radius 3 is 2.67 bits per heavy atom. The number of aliphatic hydroxyl groups is 1. The summed E-state index contributed by atoms with van der Waals surface area (Å²) in [6, 6.07) is 0. The van der Waals surface area contributed by atoms with E-state index in [0.29, 0.717) is 12.5 Å². The van der Waals surface area contributed by atoms with Crippen LogP contribution in [0.5, 0.6) is 0 Å². The van der Waals surface area contributed by atoms with E-state index >= 15 is 0 Å². The molecule has 1 fully saturated rings. The first kappa shape index (κ1) is 7.55. The highest BCUT2D eigenvalue weighted by molar-refractivity contribution is 9.09. The topological polar surface area (TPSA) is 20.2 Å². The minimum Gasteiger partial charge on any atom is -0.396 e. The molecule has 1 aliphatic carbocycles. The molecule has 0 aliphatic heterocycles. The highest BCUT2D eigenvalue weighted by atomic mass is 79.9. The molecule has 2 atom stereocenters. The van der Waals surface area contributed by atoms with Gasteiger partial charge < -0.3 is 5.11 Å². The van der Waals surface area contributed by atoms with Crippen molar-refractivity contribution in [2.24, 2.45) is 11.8 Å². The maximum absolute atomic E-state index is 8.66. The van der Waals surface area contributed by atoms with Gasteiger partial charge in [0.1, 0.15) is 0 Å². The van der Waals surface area contributed by atoms with Crippen molar-refractivity contribution in [3.8, 4) is 0 Å². The predicted octanol–water partition coefficient (Wildman–Crippen LogP) is 1.79. The monoisotopic (exact) mass is 192 g/mol. The van der Waals surface area contributed by atoms with Crippen LogP contribution < -0.4 is 0 Å². The van der Waals surface area contributed by atoms with Crippen molar-refractivity contribution >= 4 is 15.9 Å². The van der Waals surface area contributed by atoms with E-state index in [0.717, 1.165) is 11.2 Å². The minimum absolute atomic E-state index is 0.410. The van der Waals surface area contributed by atoms with E-state index in [4.69, 9.17) is 5.11 Å². The van der Waals surface area contributed by atoms with Crippen LogP contribution in [0.3, 0.4) is 0 Å². The van der Waals surface area contributed by atoms with Crippen LogP contribution in [0, 0.1) is 11.8 Å². The van der Waals surface area contributed by atoms with Gasteiger partial charge >= 0.3 is 0 Å². The minimum atomic E-state index is 0.410. The van der Waals surface area contributed by atoms with Gasteiger partial charge in [-0.25, -0.2) is 0 Å². The molecule has 1 aliphatic rings. The maximum atomic E-state index is 8.66. The summed E-state index contributed by atoms with van der Waals surface area (Å²) in [7, 11) is 0. The lowest BCUT2D eigenvalue weighted by Crippen LogP contribution is -1.88. The molecule has 0 aromatic heterocycles. The molecule has 0 aromatic carbocycles. The number of halogens is 1. The van der Waals surface area contributed by atoms with E-state index in [1.165, 1.54) is 19.3 Å². The van der Waals surface area contributed by atoms with Crippen molar-refractivity contribution in [2.75, 3.05) is 11.9 Å². The number of rotatable bonds is 4. The van der Waals surface area contributed by atoms with Gasteiger partial charge in [-0.05, 0) is 31.1 Å². The molecule has 0 saturated heterocycles. The van der Waals surface area contributed by atoms with Crippen LogP contribution in [0.1, 0.15) is 19.3 Å². The summed E-state index contributed by atoms with van der Waals surface area (Å²) in [4.78, 5) is 0. The fraction of sp³-hybridized carbons (Fsp3) is 1.00. The Balaban J connectivity index is 1.92. The first-order valence-electron chi connectivity index (χ1n) is 3.55. The van der Waals surface area contributed by atoms with Crippen molar-refractivity contribution in [3.05, 3.63) is 0 Å². The van der Waals surface area contributed by atoms with Gasteiger partial charge in [0, 0.05) is 11.9 Å². The Bertz CT molecular complexity index is 85.0. The fourth-order valence-electron chi connectivity index (χ4n) is 1.23. The molecule has 2 unspecified atom stereocenters. The molecule has 1 saturated carbocycles. The van der Waals surface area contributed by atoms with E-state index in [2.05, 4.69) is 15.9 Å². The third-order valence-electron chi connectivity index (χ3n) is 2.01. The van der Waals surface area contributed by atoms with Gasteiger partial charge in [0.05, 0.1) is 0 Å². The molecule has 2 heteroatoms. The Labute approximate surface area is 64.6 Å². The van der Waals surface area contributed by atoms with E-state index in [1.807, 2.05) is 0 Å². The summed E-state index contributed by atoms with van der Waals surface area (Å²) in [5.41, 5.74) is 0. The second-order valence-corrected chi connectivity index (χ2v) is 3.56. The van der Waals surface area contributed by atoms with Crippen molar-refractivity contribution < 1.29 is 5.11 Å². The molecule has 9 heavy (non-hydrogen) atoms. The Hall–Kier alpha value is 0.440. The van der Waals surface area contributed by atoms with Gasteiger partial charge in [-0.2, -0.15) is 0 Å². The molecule has 1 nitrogen and oxygen atoms in total. The van der Waals surface area contributed by atoms with Gasteiger partial charge in [0.25, 0.3) is 0 Å². The zero-order chi connectivity index (χ0) is 6.69. The third kappa shape index (κ3) is 2.26. The van der Waals surface area contributed by atoms with E-state index in [1.54, 1.807) is 0 Å². The number of alkyl halides is 1. The van der Waals surface area contributed by atoms with Crippen LogP contribution in [-0.4, -0.2) is 17.0 Å². The first-order valence-corrected chi connectivity index (χ1v) is 4.67. The summed E-state index contributed by atoms with van der Waals surface area (Å²) < 4.78 is 0. The summed E-state index contributed by atoms with van der Waals surface area (Å²) >= 11 is 3.38. The van der Waals surface area contributed by atoms with E-state index < -0.39 is 0 Å². The summed E-state index contributed by atoms with van der Waals surface area (Å²) in [6.45, 7) is 0.410. The molecule has 54 valence electrons. The molecule has 0 radical (unpaired) electrons. The average molecular weight is 193 g/mol. The van der Waals surface area contributed by atoms with Gasteiger partial charge in [-0.3, -0.25) is 0 Å². The van der Waals surface area contributed by atoms with Crippen LogP contribution in [0.25, 0.3) is 0 Å². The summed E-state index contributed by atoms with van der Waals surface area (Å²) in [6.07, 6.45) is 3.83. The van der Waals surface area contributed by atoms with Crippen LogP contribution in [-0.2, 0) is 0 Å². The van der Waals surface area contributed by atoms with Gasteiger partial charge in [0.15, 0.2) is 0 Å². The average Bonchev–Trinajstić information content (AvgIpc) is 2.62. The lowest BCUT2D eigenvalue weighted by Gasteiger charge is -1.92. The Morgan fingerprint density at radius 2 is 2.22 bits per heavy atom. The van der Waals surface area contributed by atoms with Crippen molar-refractivity contribution in [2.45, 2.75) is 19.3 Å². The van der Waals surface area contributed by atoms with Gasteiger partial charge in [0.2, 0.25) is 0 Å². The maximum Gasteiger partial charge on any atom is 0.0462 e. The summed E-state index contributed by atoms with van der Waals surface area (Å²) in [5.74, 6) is 1.51. The number of hydrogen-bond donors (Lipinski definition) is 1. The largest absolute Gasteiger partial charge is 0.396 e. The number of hydrogen-bond acceptors (Lipinski definition) is 1. The second-order valence-electron chi connectivity index (χ2n) is 2.77. The molecular formula is C7H13BrO. The Morgan fingerprint density at radius 1 is 1.44 bits per heavy atom. The van der Waals surface area contributed by atoms with Gasteiger partial charge in [-0.15, -0.1) is 0 Å².